The zero-order chi connectivity index (χ0) is 71.1. The van der Waals surface area contributed by atoms with E-state index in [1.807, 2.05) is 6.08 Å². The predicted octanol–water partition coefficient (Wildman–Crippen LogP) is 11.8. The molecule has 0 aromatic carbocycles. The Kier molecular flexibility index (Phi) is 53.3. The van der Waals surface area contributed by atoms with Crippen LogP contribution in [-0.2, 0) is 33.2 Å². The number of allylic oxidation sites excluding steroid dienone is 17. The average molecular weight is 1390 g/mol. The zero-order valence-electron chi connectivity index (χ0n) is 60.0. The molecule has 0 aromatic rings. The first kappa shape index (κ1) is 88.7. The number of ether oxygens (including phenoxy) is 6. The largest absolute Gasteiger partial charge is 0.394 e. The molecule has 0 saturated carbocycles. The van der Waals surface area contributed by atoms with Gasteiger partial charge in [0, 0.05) is 6.42 Å². The van der Waals surface area contributed by atoms with Crippen molar-refractivity contribution in [2.45, 2.75) is 356 Å². The van der Waals surface area contributed by atoms with Crippen LogP contribution in [0.5, 0.6) is 0 Å². The van der Waals surface area contributed by atoms with Crippen molar-refractivity contribution in [2.24, 2.45) is 0 Å². The number of aliphatic hydroxyl groups excluding tert-OH is 11. The topological polar surface area (TPSA) is 307 Å². The summed E-state index contributed by atoms with van der Waals surface area (Å²) in [6.45, 7) is 1.60. The second-order valence-electron chi connectivity index (χ2n) is 26.7. The number of amides is 1. The summed E-state index contributed by atoms with van der Waals surface area (Å²) in [6, 6.07) is -1.00. The molecule has 17 unspecified atom stereocenters. The van der Waals surface area contributed by atoms with E-state index in [0.29, 0.717) is 12.8 Å². The predicted molar refractivity (Wildman–Crippen MR) is 387 cm³/mol. The van der Waals surface area contributed by atoms with E-state index in [2.05, 4.69) is 116 Å². The number of carbonyl (C=O) groups excluding carboxylic acids is 1. The van der Waals surface area contributed by atoms with Crippen LogP contribution < -0.4 is 5.32 Å². The summed E-state index contributed by atoms with van der Waals surface area (Å²) in [6.07, 6.45) is 53.4. The molecule has 98 heavy (non-hydrogen) atoms. The van der Waals surface area contributed by atoms with E-state index in [1.165, 1.54) is 122 Å². The molecule has 3 rings (SSSR count). The van der Waals surface area contributed by atoms with Gasteiger partial charge in [-0.2, -0.15) is 0 Å². The zero-order valence-corrected chi connectivity index (χ0v) is 60.0. The lowest BCUT2D eigenvalue weighted by molar-refractivity contribution is -0.379. The van der Waals surface area contributed by atoms with Crippen LogP contribution in [0.25, 0.3) is 0 Å². The summed E-state index contributed by atoms with van der Waals surface area (Å²) in [4.78, 5) is 13.5. The number of hydrogen-bond acceptors (Lipinski definition) is 18. The third kappa shape index (κ3) is 39.2. The van der Waals surface area contributed by atoms with Crippen LogP contribution in [0.4, 0.5) is 0 Å². The Hall–Kier alpha value is -3.55. The standard InChI is InChI=1S/C79H135NO18/c1-3-5-7-9-11-13-15-17-19-21-23-25-27-28-29-30-31-32-33-34-35-37-39-41-43-45-47-49-51-53-55-57-67(85)80-62(63(84)56-54-52-50-48-46-44-42-40-38-36-26-24-22-20-18-16-14-12-10-8-6-4-2)61-93-77-73(91)70(88)75(65(59-82)95-77)98-79-74(92)71(89)76(66(60-83)96-79)97-78-72(90)69(87)68(86)64(58-81)94-78/h5,7,11,13,17,19,23,25,28-29,31-32,34-35,46,48,54,56,62-66,68-79,81-84,86-92H,3-4,6,8-10,12,14-16,18,20-22,24,26-27,30,33,36-45,47,49-53,55,57-61H2,1-2H3,(H,80,85)/b7-5-,13-11-,19-17-,25-23-,29-28-,32-31-,35-34-,48-46+,56-54+. The molecule has 19 heteroatoms. The summed E-state index contributed by atoms with van der Waals surface area (Å²) >= 11 is 0. The molecule has 3 saturated heterocycles. The average Bonchev–Trinajstić information content (AvgIpc) is 0.785. The Labute approximate surface area is 589 Å². The van der Waals surface area contributed by atoms with Crippen molar-refractivity contribution in [3.63, 3.8) is 0 Å². The van der Waals surface area contributed by atoms with E-state index >= 15 is 0 Å². The fourth-order valence-corrected chi connectivity index (χ4v) is 12.2. The van der Waals surface area contributed by atoms with Crippen molar-refractivity contribution in [1.82, 2.24) is 5.32 Å². The normalized spacial score (nSPS) is 27.4. The lowest BCUT2D eigenvalue weighted by atomic mass is 9.96. The molecule has 0 aliphatic carbocycles. The summed E-state index contributed by atoms with van der Waals surface area (Å²) in [5.74, 6) is -0.295. The minimum absolute atomic E-state index is 0.221. The number of rotatable bonds is 58. The van der Waals surface area contributed by atoms with Gasteiger partial charge in [0.2, 0.25) is 5.91 Å². The Morgan fingerprint density at radius 3 is 1.14 bits per heavy atom. The molecule has 0 bridgehead atoms. The molecule has 0 aromatic heterocycles. The molecule has 564 valence electrons. The number of unbranched alkanes of at least 4 members (excludes halogenated alkanes) is 26. The van der Waals surface area contributed by atoms with Gasteiger partial charge in [-0.1, -0.05) is 264 Å². The molecule has 3 fully saturated rings. The van der Waals surface area contributed by atoms with Crippen molar-refractivity contribution in [2.75, 3.05) is 26.4 Å². The Balaban J connectivity index is 1.41. The van der Waals surface area contributed by atoms with Gasteiger partial charge in [0.25, 0.3) is 0 Å². The molecule has 3 aliphatic rings. The molecule has 3 heterocycles. The lowest BCUT2D eigenvalue weighted by Gasteiger charge is -2.48. The van der Waals surface area contributed by atoms with E-state index in [-0.39, 0.29) is 18.9 Å². The van der Waals surface area contributed by atoms with Gasteiger partial charge in [-0.15, -0.1) is 0 Å². The molecular weight excluding hydrogens is 1250 g/mol. The molecule has 12 N–H and O–H groups in total. The van der Waals surface area contributed by atoms with Gasteiger partial charge in [-0.3, -0.25) is 4.79 Å². The van der Waals surface area contributed by atoms with Crippen LogP contribution in [0.15, 0.2) is 109 Å². The highest BCUT2D eigenvalue weighted by molar-refractivity contribution is 5.76. The van der Waals surface area contributed by atoms with Gasteiger partial charge in [-0.05, 0) is 89.9 Å². The van der Waals surface area contributed by atoms with Crippen molar-refractivity contribution in [3.8, 4) is 0 Å². The maximum atomic E-state index is 13.5. The summed E-state index contributed by atoms with van der Waals surface area (Å²) in [5, 5.41) is 121. The molecule has 17 atom stereocenters. The number of hydrogen-bond donors (Lipinski definition) is 12. The Bertz CT molecular complexity index is 2200. The second-order valence-corrected chi connectivity index (χ2v) is 26.7. The highest BCUT2D eigenvalue weighted by Crippen LogP contribution is 2.33. The first-order valence-corrected chi connectivity index (χ1v) is 38.1. The van der Waals surface area contributed by atoms with E-state index in [0.717, 1.165) is 96.3 Å². The third-order valence-electron chi connectivity index (χ3n) is 18.3. The highest BCUT2D eigenvalue weighted by atomic mass is 16.8. The van der Waals surface area contributed by atoms with Crippen LogP contribution in [0, 0.1) is 0 Å². The smallest absolute Gasteiger partial charge is 0.220 e. The molecule has 0 radical (unpaired) electrons. The second kappa shape index (κ2) is 58.9. The monoisotopic (exact) mass is 1390 g/mol. The minimum Gasteiger partial charge on any atom is -0.394 e. The first-order valence-electron chi connectivity index (χ1n) is 38.1. The number of carbonyl (C=O) groups is 1. The van der Waals surface area contributed by atoms with Crippen molar-refractivity contribution in [3.05, 3.63) is 109 Å². The molecule has 0 spiro atoms. The summed E-state index contributed by atoms with van der Waals surface area (Å²) in [5.41, 5.74) is 0. The summed E-state index contributed by atoms with van der Waals surface area (Å²) in [7, 11) is 0. The van der Waals surface area contributed by atoms with Crippen molar-refractivity contribution < 1.29 is 89.4 Å². The van der Waals surface area contributed by atoms with Crippen LogP contribution in [0.2, 0.25) is 0 Å². The van der Waals surface area contributed by atoms with Gasteiger partial charge in [0.05, 0.1) is 38.6 Å². The van der Waals surface area contributed by atoms with Gasteiger partial charge in [0.15, 0.2) is 18.9 Å². The quantitative estimate of drug-likeness (QED) is 0.0199. The van der Waals surface area contributed by atoms with Crippen LogP contribution in [-0.4, -0.2) is 193 Å². The number of aliphatic hydroxyl groups is 11. The Morgan fingerprint density at radius 2 is 0.714 bits per heavy atom. The van der Waals surface area contributed by atoms with E-state index in [4.69, 9.17) is 28.4 Å². The van der Waals surface area contributed by atoms with E-state index in [9.17, 15) is 61.0 Å². The first-order chi connectivity index (χ1) is 47.8. The van der Waals surface area contributed by atoms with Crippen molar-refractivity contribution >= 4 is 5.91 Å². The van der Waals surface area contributed by atoms with Crippen LogP contribution >= 0.6 is 0 Å². The Morgan fingerprint density at radius 1 is 0.378 bits per heavy atom. The third-order valence-corrected chi connectivity index (χ3v) is 18.3. The maximum Gasteiger partial charge on any atom is 0.220 e. The molecule has 3 aliphatic heterocycles. The van der Waals surface area contributed by atoms with Crippen molar-refractivity contribution in [1.29, 1.82) is 0 Å². The van der Waals surface area contributed by atoms with Gasteiger partial charge < -0.3 is 89.9 Å². The fourth-order valence-electron chi connectivity index (χ4n) is 12.2. The molecular formula is C79H135NO18. The summed E-state index contributed by atoms with van der Waals surface area (Å²) < 4.78 is 34.4. The van der Waals surface area contributed by atoms with Crippen LogP contribution in [0.1, 0.15) is 251 Å². The van der Waals surface area contributed by atoms with Gasteiger partial charge in [0.1, 0.15) is 73.2 Å². The minimum atomic E-state index is -1.99. The molecule has 1 amide bonds. The number of nitrogens with one attached hydrogen (secondary N) is 1. The van der Waals surface area contributed by atoms with E-state index in [1.54, 1.807) is 6.08 Å². The van der Waals surface area contributed by atoms with Gasteiger partial charge in [-0.25, -0.2) is 0 Å². The SMILES string of the molecule is CC/C=C\C/C=C\C/C=C\C/C=C\C/C=C\C/C=C\C/C=C\CCCCCCCCCCCC(=O)NC(COC1OC(CO)C(OC2OC(CO)C(OC3OC(CO)C(O)C(O)C3O)C(O)C2O)C(O)C1O)C(O)/C=C/CC/C=C/CCCCCCCCCCCCCCCCCC. The maximum absolute atomic E-state index is 13.5. The fraction of sp³-hybridized carbons (Fsp3) is 0.759. The van der Waals surface area contributed by atoms with E-state index < -0.39 is 124 Å². The van der Waals surface area contributed by atoms with Gasteiger partial charge >= 0.3 is 0 Å². The highest BCUT2D eigenvalue weighted by Gasteiger charge is 2.53. The lowest BCUT2D eigenvalue weighted by Crippen LogP contribution is -2.66. The van der Waals surface area contributed by atoms with Crippen LogP contribution in [0.3, 0.4) is 0 Å². The molecule has 19 nitrogen and oxygen atoms in total.